The molecule has 0 radical (unpaired) electrons. The zero-order valence-corrected chi connectivity index (χ0v) is 14.4. The normalized spacial score (nSPS) is 22.6. The van der Waals surface area contributed by atoms with Crippen LogP contribution in [-0.4, -0.2) is 45.6 Å². The van der Waals surface area contributed by atoms with Crippen molar-refractivity contribution in [1.29, 1.82) is 0 Å². The third-order valence-electron chi connectivity index (χ3n) is 4.90. The van der Waals surface area contributed by atoms with E-state index in [0.29, 0.717) is 13.1 Å². The molecule has 2 aromatic rings. The SMILES string of the molecule is O=S(=O)(C1CC1)N1CCC[C@@H](c2nccn2Cc2ccncc2)C1. The molecule has 0 bridgehead atoms. The van der Waals surface area contributed by atoms with Crippen molar-refractivity contribution in [3.05, 3.63) is 48.3 Å². The first-order chi connectivity index (χ1) is 11.6. The van der Waals surface area contributed by atoms with Crippen molar-refractivity contribution in [3.63, 3.8) is 0 Å². The van der Waals surface area contributed by atoms with Gasteiger partial charge in [-0.05, 0) is 43.4 Å². The van der Waals surface area contributed by atoms with E-state index in [4.69, 9.17) is 0 Å². The van der Waals surface area contributed by atoms with E-state index >= 15 is 0 Å². The van der Waals surface area contributed by atoms with Crippen molar-refractivity contribution >= 4 is 10.0 Å². The van der Waals surface area contributed by atoms with Gasteiger partial charge in [-0.1, -0.05) is 0 Å². The molecule has 1 aliphatic heterocycles. The highest BCUT2D eigenvalue weighted by Gasteiger charge is 2.42. The number of sulfonamides is 1. The summed E-state index contributed by atoms with van der Waals surface area (Å²) in [7, 11) is -3.10. The van der Waals surface area contributed by atoms with Gasteiger partial charge in [-0.15, -0.1) is 0 Å². The zero-order valence-electron chi connectivity index (χ0n) is 13.6. The summed E-state index contributed by atoms with van der Waals surface area (Å²) in [5.74, 6) is 1.16. The predicted octanol–water partition coefficient (Wildman–Crippen LogP) is 2.00. The monoisotopic (exact) mass is 346 g/mol. The van der Waals surface area contributed by atoms with Crippen LogP contribution in [0.1, 0.15) is 43.0 Å². The Morgan fingerprint density at radius 1 is 1.12 bits per heavy atom. The van der Waals surface area contributed by atoms with Crippen LogP contribution in [0.25, 0.3) is 0 Å². The first-order valence-electron chi connectivity index (χ1n) is 8.53. The van der Waals surface area contributed by atoms with E-state index in [0.717, 1.165) is 38.1 Å². The minimum absolute atomic E-state index is 0.132. The maximum Gasteiger partial charge on any atom is 0.217 e. The first-order valence-corrected chi connectivity index (χ1v) is 10.0. The van der Waals surface area contributed by atoms with Crippen molar-refractivity contribution in [3.8, 4) is 0 Å². The zero-order chi connectivity index (χ0) is 16.6. The molecule has 0 unspecified atom stereocenters. The number of aromatic nitrogens is 3. The molecule has 1 saturated heterocycles. The van der Waals surface area contributed by atoms with Crippen LogP contribution in [0.3, 0.4) is 0 Å². The first kappa shape index (κ1) is 15.8. The lowest BCUT2D eigenvalue weighted by Crippen LogP contribution is -2.41. The standard InChI is InChI=1S/C17H22N4O2S/c22-24(23,16-3-4-16)21-10-1-2-15(13-21)17-19-9-11-20(17)12-14-5-7-18-8-6-14/h5-9,11,15-16H,1-4,10,12-13H2/t15-/m1/s1. The second-order valence-corrected chi connectivity index (χ2v) is 8.92. The fraction of sp³-hybridized carbons (Fsp3) is 0.529. The summed E-state index contributed by atoms with van der Waals surface area (Å²) in [6.45, 7) is 1.95. The Kier molecular flexibility index (Phi) is 4.14. The van der Waals surface area contributed by atoms with Crippen LogP contribution < -0.4 is 0 Å². The van der Waals surface area contributed by atoms with E-state index < -0.39 is 10.0 Å². The number of hydrogen-bond donors (Lipinski definition) is 0. The number of hydrogen-bond acceptors (Lipinski definition) is 4. The van der Waals surface area contributed by atoms with Crippen LogP contribution in [0.2, 0.25) is 0 Å². The Bertz CT molecular complexity index is 799. The van der Waals surface area contributed by atoms with E-state index in [1.807, 2.05) is 24.5 Å². The predicted molar refractivity (Wildman–Crippen MR) is 91.1 cm³/mol. The molecule has 2 aromatic heterocycles. The average Bonchev–Trinajstić information content (AvgIpc) is 3.37. The summed E-state index contributed by atoms with van der Waals surface area (Å²) in [4.78, 5) is 8.59. The van der Waals surface area contributed by atoms with Gasteiger partial charge in [0.05, 0.1) is 5.25 Å². The topological polar surface area (TPSA) is 68.1 Å². The van der Waals surface area contributed by atoms with Crippen molar-refractivity contribution in [2.45, 2.75) is 43.4 Å². The van der Waals surface area contributed by atoms with E-state index in [2.05, 4.69) is 14.5 Å². The summed E-state index contributed by atoms with van der Waals surface area (Å²) in [6, 6.07) is 3.99. The van der Waals surface area contributed by atoms with Gasteiger partial charge in [0.25, 0.3) is 0 Å². The van der Waals surface area contributed by atoms with E-state index in [1.54, 1.807) is 16.7 Å². The summed E-state index contributed by atoms with van der Waals surface area (Å²) < 4.78 is 28.9. The van der Waals surface area contributed by atoms with Gasteiger partial charge in [0.2, 0.25) is 10.0 Å². The molecule has 1 aliphatic carbocycles. The van der Waals surface area contributed by atoms with Gasteiger partial charge >= 0.3 is 0 Å². The molecule has 128 valence electrons. The lowest BCUT2D eigenvalue weighted by molar-refractivity contribution is 0.305. The molecule has 0 spiro atoms. The van der Waals surface area contributed by atoms with Crippen LogP contribution in [0, 0.1) is 0 Å². The Hall–Kier alpha value is -1.73. The number of rotatable bonds is 5. The molecule has 6 nitrogen and oxygen atoms in total. The van der Waals surface area contributed by atoms with Crippen LogP contribution in [0.5, 0.6) is 0 Å². The van der Waals surface area contributed by atoms with Gasteiger partial charge in [-0.25, -0.2) is 17.7 Å². The molecule has 3 heterocycles. The highest BCUT2D eigenvalue weighted by Crippen LogP contribution is 2.35. The molecule has 24 heavy (non-hydrogen) atoms. The summed E-state index contributed by atoms with van der Waals surface area (Å²) in [5, 5.41) is -0.132. The molecular weight excluding hydrogens is 324 g/mol. The highest BCUT2D eigenvalue weighted by atomic mass is 32.2. The Morgan fingerprint density at radius 3 is 2.67 bits per heavy atom. The lowest BCUT2D eigenvalue weighted by atomic mass is 9.98. The average molecular weight is 346 g/mol. The fourth-order valence-electron chi connectivity index (χ4n) is 3.46. The number of pyridine rings is 1. The largest absolute Gasteiger partial charge is 0.330 e. The smallest absolute Gasteiger partial charge is 0.217 e. The summed E-state index contributed by atoms with van der Waals surface area (Å²) in [6.07, 6.45) is 10.9. The summed E-state index contributed by atoms with van der Waals surface area (Å²) in [5.41, 5.74) is 1.17. The molecule has 0 aromatic carbocycles. The van der Waals surface area contributed by atoms with Crippen LogP contribution in [-0.2, 0) is 16.6 Å². The van der Waals surface area contributed by atoms with Gasteiger partial charge in [-0.2, -0.15) is 0 Å². The van der Waals surface area contributed by atoms with Crippen LogP contribution in [0.15, 0.2) is 36.9 Å². The van der Waals surface area contributed by atoms with Crippen molar-refractivity contribution in [2.24, 2.45) is 0 Å². The van der Waals surface area contributed by atoms with Crippen LogP contribution >= 0.6 is 0 Å². The van der Waals surface area contributed by atoms with E-state index in [-0.39, 0.29) is 11.2 Å². The maximum atomic E-state index is 12.5. The molecule has 7 heteroatoms. The minimum Gasteiger partial charge on any atom is -0.330 e. The molecular formula is C17H22N4O2S. The molecule has 2 fully saturated rings. The second kappa shape index (κ2) is 6.29. The van der Waals surface area contributed by atoms with Gasteiger partial charge in [-0.3, -0.25) is 4.98 Å². The molecule has 0 amide bonds. The summed E-state index contributed by atoms with van der Waals surface area (Å²) >= 11 is 0. The second-order valence-electron chi connectivity index (χ2n) is 6.71. The van der Waals surface area contributed by atoms with E-state index in [1.165, 1.54) is 5.56 Å². The molecule has 2 aliphatic rings. The van der Waals surface area contributed by atoms with Gasteiger partial charge in [0, 0.05) is 50.3 Å². The van der Waals surface area contributed by atoms with Gasteiger partial charge in [0.15, 0.2) is 0 Å². The number of imidazole rings is 1. The molecule has 4 rings (SSSR count). The third kappa shape index (κ3) is 3.10. The maximum absolute atomic E-state index is 12.5. The molecule has 1 saturated carbocycles. The van der Waals surface area contributed by atoms with E-state index in [9.17, 15) is 8.42 Å². The number of nitrogens with zero attached hydrogens (tertiary/aromatic N) is 4. The van der Waals surface area contributed by atoms with Crippen molar-refractivity contribution < 1.29 is 8.42 Å². The minimum atomic E-state index is -3.10. The molecule has 0 N–H and O–H groups in total. The van der Waals surface area contributed by atoms with Crippen LogP contribution in [0.4, 0.5) is 0 Å². The highest BCUT2D eigenvalue weighted by molar-refractivity contribution is 7.90. The quantitative estimate of drug-likeness (QED) is 0.830. The van der Waals surface area contributed by atoms with Gasteiger partial charge < -0.3 is 4.57 Å². The van der Waals surface area contributed by atoms with Gasteiger partial charge in [0.1, 0.15) is 5.82 Å². The Balaban J connectivity index is 1.53. The fourth-order valence-corrected chi connectivity index (χ4v) is 5.38. The van der Waals surface area contributed by atoms with Crippen molar-refractivity contribution in [2.75, 3.05) is 13.1 Å². The Labute approximate surface area is 142 Å². The Morgan fingerprint density at radius 2 is 1.92 bits per heavy atom. The number of piperidine rings is 1. The lowest BCUT2D eigenvalue weighted by Gasteiger charge is -2.32. The molecule has 1 atom stereocenters. The third-order valence-corrected chi connectivity index (χ3v) is 7.27. The van der Waals surface area contributed by atoms with Crippen molar-refractivity contribution in [1.82, 2.24) is 18.8 Å².